The van der Waals surface area contributed by atoms with E-state index >= 15 is 0 Å². The van der Waals surface area contributed by atoms with E-state index in [0.717, 1.165) is 11.1 Å². The Morgan fingerprint density at radius 2 is 1.51 bits per heavy atom. The van der Waals surface area contributed by atoms with Crippen LogP contribution in [0.2, 0.25) is 18.1 Å². The van der Waals surface area contributed by atoms with Crippen LogP contribution in [0.15, 0.2) is 54.6 Å². The molecule has 2 rings (SSSR count). The zero-order valence-corrected chi connectivity index (χ0v) is 29.8. The highest BCUT2D eigenvalue weighted by molar-refractivity contribution is 6.74. The third-order valence-electron chi connectivity index (χ3n) is 8.14. The van der Waals surface area contributed by atoms with Gasteiger partial charge in [0.15, 0.2) is 14.1 Å². The number of alkyl carbamates (subject to hydrolysis) is 1. The predicted molar refractivity (Wildman–Crippen MR) is 178 cm³/mol. The third-order valence-corrected chi connectivity index (χ3v) is 12.6. The van der Waals surface area contributed by atoms with Gasteiger partial charge in [0.25, 0.3) is 0 Å². The number of rotatable bonds is 13. The molecule has 45 heavy (non-hydrogen) atoms. The standard InChI is InChI=1S/C34H53N3O7Si/c1-23(28(36-31(39)43-33(2,3)4)30(35)44-45(10,11)34(5,6)7)29(38)27(21-24-17-19-26(41-9)20-18-24)37(8)32(40)42-22-25-15-13-12-14-16-25/h12-20,23,27-28,30H,21-22,35H2,1-11H3,(H,36,39)/t23?,27-,28?,30?/m0/s1. The highest BCUT2D eigenvalue weighted by atomic mass is 28.4. The SMILES string of the molecule is COc1ccc(C[C@@H](C(=O)C(C)C(NC(=O)OC(C)(C)C)C(N)O[Si](C)(C)C(C)(C)C)N(C)C(=O)OCc2ccccc2)cc1. The zero-order valence-electron chi connectivity index (χ0n) is 28.8. The van der Waals surface area contributed by atoms with Crippen molar-refractivity contribution >= 4 is 26.3 Å². The summed E-state index contributed by atoms with van der Waals surface area (Å²) in [5.74, 6) is -0.522. The molecule has 10 nitrogen and oxygen atoms in total. The molecule has 0 heterocycles. The summed E-state index contributed by atoms with van der Waals surface area (Å²) in [6, 6.07) is 14.7. The number of Topliss-reactive ketones (excluding diaryl/α,β-unsaturated/α-hetero) is 1. The summed E-state index contributed by atoms with van der Waals surface area (Å²) in [5, 5.41) is 2.64. The van der Waals surface area contributed by atoms with E-state index in [1.165, 1.54) is 11.9 Å². The van der Waals surface area contributed by atoms with Crippen molar-refractivity contribution in [1.29, 1.82) is 0 Å². The lowest BCUT2D eigenvalue weighted by atomic mass is 9.88. The molecule has 11 heteroatoms. The average Bonchev–Trinajstić information content (AvgIpc) is 2.95. The highest BCUT2D eigenvalue weighted by Gasteiger charge is 2.44. The fourth-order valence-corrected chi connectivity index (χ4v) is 5.55. The summed E-state index contributed by atoms with van der Waals surface area (Å²) >= 11 is 0. The molecule has 4 atom stereocenters. The third kappa shape index (κ3) is 11.5. The number of hydrogen-bond acceptors (Lipinski definition) is 8. The maximum Gasteiger partial charge on any atom is 0.410 e. The van der Waals surface area contributed by atoms with Crippen molar-refractivity contribution in [2.24, 2.45) is 11.7 Å². The quantitative estimate of drug-likeness (QED) is 0.193. The number of ether oxygens (including phenoxy) is 3. The maximum atomic E-state index is 14.4. The molecule has 0 aliphatic rings. The van der Waals surface area contributed by atoms with E-state index in [1.54, 1.807) is 46.9 Å². The molecule has 0 aliphatic heterocycles. The number of benzene rings is 2. The van der Waals surface area contributed by atoms with Gasteiger partial charge in [-0.05, 0) is 62.2 Å². The van der Waals surface area contributed by atoms with Crippen LogP contribution in [-0.2, 0) is 31.7 Å². The molecule has 2 aromatic carbocycles. The molecule has 3 unspecified atom stereocenters. The summed E-state index contributed by atoms with van der Waals surface area (Å²) in [4.78, 5) is 42.0. The summed E-state index contributed by atoms with van der Waals surface area (Å²) in [7, 11) is 0.698. The molecular formula is C34H53N3O7Si. The molecule has 2 amide bonds. The second-order valence-electron chi connectivity index (χ2n) is 13.9. The van der Waals surface area contributed by atoms with Gasteiger partial charge in [-0.2, -0.15) is 0 Å². The van der Waals surface area contributed by atoms with Crippen molar-refractivity contribution in [1.82, 2.24) is 10.2 Å². The number of amides is 2. The molecule has 0 aliphatic carbocycles. The average molecular weight is 644 g/mol. The lowest BCUT2D eigenvalue weighted by molar-refractivity contribution is -0.128. The van der Waals surface area contributed by atoms with Crippen LogP contribution >= 0.6 is 0 Å². The predicted octanol–water partition coefficient (Wildman–Crippen LogP) is 6.28. The Balaban J connectivity index is 2.44. The Morgan fingerprint density at radius 3 is 2.02 bits per heavy atom. The molecule has 0 bridgehead atoms. The molecule has 0 fully saturated rings. The van der Waals surface area contributed by atoms with Crippen LogP contribution in [0, 0.1) is 5.92 Å². The maximum absolute atomic E-state index is 14.4. The van der Waals surface area contributed by atoms with Crippen molar-refractivity contribution in [2.75, 3.05) is 14.2 Å². The summed E-state index contributed by atoms with van der Waals surface area (Å²) in [5.41, 5.74) is 7.51. The molecule has 0 saturated carbocycles. The van der Waals surface area contributed by atoms with Gasteiger partial charge < -0.3 is 34.6 Å². The van der Waals surface area contributed by atoms with Gasteiger partial charge in [0.2, 0.25) is 0 Å². The molecular weight excluding hydrogens is 590 g/mol. The highest BCUT2D eigenvalue weighted by Crippen LogP contribution is 2.37. The van der Waals surface area contributed by atoms with Crippen LogP contribution in [0.1, 0.15) is 59.6 Å². The number of nitrogens with two attached hydrogens (primary N) is 1. The van der Waals surface area contributed by atoms with Crippen LogP contribution in [0.5, 0.6) is 5.75 Å². The summed E-state index contributed by atoms with van der Waals surface area (Å²) in [6.07, 6.45) is -2.20. The minimum atomic E-state index is -2.41. The second kappa shape index (κ2) is 15.7. The monoisotopic (exact) mass is 643 g/mol. The van der Waals surface area contributed by atoms with Crippen molar-refractivity contribution in [3.63, 3.8) is 0 Å². The van der Waals surface area contributed by atoms with Gasteiger partial charge in [-0.3, -0.25) is 4.79 Å². The Morgan fingerprint density at radius 1 is 0.933 bits per heavy atom. The van der Waals surface area contributed by atoms with Crippen molar-refractivity contribution in [3.05, 3.63) is 65.7 Å². The van der Waals surface area contributed by atoms with Gasteiger partial charge in [0.1, 0.15) is 24.2 Å². The van der Waals surface area contributed by atoms with Crippen molar-refractivity contribution in [2.45, 2.75) is 104 Å². The Labute approximate surface area is 270 Å². The number of likely N-dealkylation sites (N-methyl/N-ethyl adjacent to an activating group) is 1. The molecule has 0 saturated heterocycles. The minimum absolute atomic E-state index is 0.0526. The number of nitrogens with one attached hydrogen (secondary N) is 1. The van der Waals surface area contributed by atoms with E-state index in [1.807, 2.05) is 55.6 Å². The second-order valence-corrected chi connectivity index (χ2v) is 18.7. The topological polar surface area (TPSA) is 129 Å². The number of carbonyl (C=O) groups excluding carboxylic acids is 3. The van der Waals surface area contributed by atoms with E-state index in [9.17, 15) is 14.4 Å². The fraction of sp³-hybridized carbons (Fsp3) is 0.559. The number of methoxy groups -OCH3 is 1. The number of ketones is 1. The van der Waals surface area contributed by atoms with Crippen LogP contribution in [0.3, 0.4) is 0 Å². The summed E-state index contributed by atoms with van der Waals surface area (Å²) < 4.78 is 22.9. The first kappa shape index (κ1) is 37.8. The normalized spacial score (nSPS) is 14.8. The Bertz CT molecular complexity index is 1260. The molecule has 0 radical (unpaired) electrons. The van der Waals surface area contributed by atoms with Gasteiger partial charge >= 0.3 is 12.2 Å². The van der Waals surface area contributed by atoms with E-state index in [2.05, 4.69) is 26.1 Å². The van der Waals surface area contributed by atoms with Gasteiger partial charge in [-0.1, -0.05) is 70.2 Å². The lowest BCUT2D eigenvalue weighted by Crippen LogP contribution is -2.60. The van der Waals surface area contributed by atoms with Crippen LogP contribution in [0.25, 0.3) is 0 Å². The Hall–Kier alpha value is -3.41. The van der Waals surface area contributed by atoms with Crippen LogP contribution < -0.4 is 15.8 Å². The van der Waals surface area contributed by atoms with Gasteiger partial charge in [0.05, 0.1) is 19.2 Å². The number of carbonyl (C=O) groups is 3. The lowest BCUT2D eigenvalue weighted by Gasteiger charge is -2.41. The first-order chi connectivity index (χ1) is 20.8. The van der Waals surface area contributed by atoms with E-state index in [4.69, 9.17) is 24.4 Å². The first-order valence-electron chi connectivity index (χ1n) is 15.3. The summed E-state index contributed by atoms with van der Waals surface area (Å²) in [6.45, 7) is 17.3. The molecule has 3 N–H and O–H groups in total. The Kier molecular flexibility index (Phi) is 13.2. The van der Waals surface area contributed by atoms with Gasteiger partial charge in [0, 0.05) is 19.4 Å². The fourth-order valence-electron chi connectivity index (χ4n) is 4.37. The molecule has 0 aromatic heterocycles. The van der Waals surface area contributed by atoms with E-state index in [0.29, 0.717) is 5.75 Å². The van der Waals surface area contributed by atoms with Crippen molar-refractivity contribution in [3.8, 4) is 5.75 Å². The van der Waals surface area contributed by atoms with Crippen LogP contribution in [0.4, 0.5) is 9.59 Å². The van der Waals surface area contributed by atoms with Gasteiger partial charge in [-0.25, -0.2) is 9.59 Å². The smallest absolute Gasteiger partial charge is 0.410 e. The molecule has 0 spiro atoms. The minimum Gasteiger partial charge on any atom is -0.497 e. The van der Waals surface area contributed by atoms with E-state index < -0.39 is 50.3 Å². The van der Waals surface area contributed by atoms with Crippen LogP contribution in [-0.4, -0.2) is 69.3 Å². The number of nitrogens with zero attached hydrogens (tertiary/aromatic N) is 1. The van der Waals surface area contributed by atoms with Gasteiger partial charge in [-0.15, -0.1) is 0 Å². The van der Waals surface area contributed by atoms with E-state index in [-0.39, 0.29) is 23.8 Å². The zero-order chi connectivity index (χ0) is 34.2. The van der Waals surface area contributed by atoms with Crippen molar-refractivity contribution < 1.29 is 33.0 Å². The largest absolute Gasteiger partial charge is 0.497 e. The molecule has 250 valence electrons. The molecule has 2 aromatic rings. The first-order valence-corrected chi connectivity index (χ1v) is 18.2. The number of hydrogen-bond donors (Lipinski definition) is 2.